The largest absolute Gasteiger partial charge is 0.462 e. The monoisotopic (exact) mass is 1110 g/mol. The Labute approximate surface area is 495 Å². The molecule has 0 N–H and O–H groups in total. The summed E-state index contributed by atoms with van der Waals surface area (Å²) in [6, 6.07) is 0. The van der Waals surface area contributed by atoms with Crippen molar-refractivity contribution in [1.82, 2.24) is 0 Å². The predicted molar refractivity (Wildman–Crippen MR) is 348 cm³/mol. The molecule has 0 heterocycles. The second-order valence-corrected chi connectivity index (χ2v) is 22.4. The Hall–Kier alpha value is -3.93. The molecule has 1 unspecified atom stereocenters. The minimum absolute atomic E-state index is 0.0794. The van der Waals surface area contributed by atoms with E-state index in [9.17, 15) is 14.4 Å². The molecule has 0 aliphatic carbocycles. The highest BCUT2D eigenvalue weighted by Crippen LogP contribution is 2.16. The second kappa shape index (κ2) is 67.6. The summed E-state index contributed by atoms with van der Waals surface area (Å²) < 4.78 is 16.9. The summed E-state index contributed by atoms with van der Waals surface area (Å²) >= 11 is 0. The van der Waals surface area contributed by atoms with Crippen molar-refractivity contribution in [3.63, 3.8) is 0 Å². The van der Waals surface area contributed by atoms with E-state index < -0.39 is 6.10 Å². The molecule has 0 rings (SSSR count). The number of allylic oxidation sites excluding steroid dienone is 18. The molecular weight excluding hydrogens is 985 g/mol. The summed E-state index contributed by atoms with van der Waals surface area (Å²) in [7, 11) is 0. The van der Waals surface area contributed by atoms with E-state index in [0.717, 1.165) is 116 Å². The SMILES string of the molecule is CC/C=C\C/C=C\C/C=C\C/C=C\C/C=C\C/C=C\CCCCCCCCCCCCCCC(=O)OCC(COC(=O)CCCCCCCCCC)OC(=O)CCCCCCCCCC/C=C\C/C=C\C/C=C\CCCCCCC. The van der Waals surface area contributed by atoms with Gasteiger partial charge >= 0.3 is 17.9 Å². The Balaban J connectivity index is 4.16. The summed E-state index contributed by atoms with van der Waals surface area (Å²) in [5.74, 6) is -0.884. The topological polar surface area (TPSA) is 78.9 Å². The van der Waals surface area contributed by atoms with E-state index in [1.165, 1.54) is 167 Å². The molecule has 0 fully saturated rings. The molecule has 0 saturated heterocycles. The lowest BCUT2D eigenvalue weighted by molar-refractivity contribution is -0.167. The van der Waals surface area contributed by atoms with Crippen molar-refractivity contribution < 1.29 is 28.6 Å². The number of carbonyl (C=O) groups excluding carboxylic acids is 3. The van der Waals surface area contributed by atoms with Crippen molar-refractivity contribution >= 4 is 17.9 Å². The molecule has 80 heavy (non-hydrogen) atoms. The molecule has 0 spiro atoms. The first kappa shape index (κ1) is 76.1. The van der Waals surface area contributed by atoms with Gasteiger partial charge < -0.3 is 14.2 Å². The van der Waals surface area contributed by atoms with Crippen LogP contribution >= 0.6 is 0 Å². The predicted octanol–water partition coefficient (Wildman–Crippen LogP) is 23.4. The zero-order chi connectivity index (χ0) is 57.8. The molecule has 0 aromatic carbocycles. The van der Waals surface area contributed by atoms with Crippen LogP contribution in [0, 0.1) is 0 Å². The van der Waals surface area contributed by atoms with Gasteiger partial charge in [-0.2, -0.15) is 0 Å². The number of ether oxygens (including phenoxy) is 3. The standard InChI is InChI=1S/C74H126O6/c1-4-7-10-13-16-19-21-23-25-27-29-31-33-34-35-36-37-38-39-40-42-43-45-47-49-51-53-55-58-61-64-67-73(76)79-70-71(69-78-72(75)66-63-60-57-18-15-12-9-6-3)80-74(77)68-65-62-59-56-54-52-50-48-46-44-41-32-30-28-26-24-22-20-17-14-11-8-5-2/h7,10,16,19,22-25,28-31,34-35,37-38,41,44,71H,4-6,8-9,11-15,17-18,20-21,26-27,32-33,36,39-40,42-43,45-70H2,1-3H3/b10-7-,19-16-,24-22-,25-23-,30-28-,31-29-,35-34-,38-37-,44-41-. The average molecular weight is 1110 g/mol. The molecule has 0 aliphatic heterocycles. The van der Waals surface area contributed by atoms with Crippen molar-refractivity contribution in [2.45, 2.75) is 329 Å². The third kappa shape index (κ3) is 64.9. The fourth-order valence-electron chi connectivity index (χ4n) is 9.45. The van der Waals surface area contributed by atoms with E-state index in [0.29, 0.717) is 19.3 Å². The molecule has 0 saturated carbocycles. The van der Waals surface area contributed by atoms with Gasteiger partial charge in [0.15, 0.2) is 6.10 Å². The minimum Gasteiger partial charge on any atom is -0.462 e. The van der Waals surface area contributed by atoms with Gasteiger partial charge in [0, 0.05) is 19.3 Å². The van der Waals surface area contributed by atoms with Crippen LogP contribution in [0.5, 0.6) is 0 Å². The maximum atomic E-state index is 12.9. The molecule has 0 aromatic rings. The van der Waals surface area contributed by atoms with Crippen LogP contribution in [-0.2, 0) is 28.6 Å². The fraction of sp³-hybridized carbons (Fsp3) is 0.716. The third-order valence-electron chi connectivity index (χ3n) is 14.5. The highest BCUT2D eigenvalue weighted by Gasteiger charge is 2.19. The van der Waals surface area contributed by atoms with Crippen molar-refractivity contribution in [2.24, 2.45) is 0 Å². The van der Waals surface area contributed by atoms with Gasteiger partial charge in [-0.05, 0) is 109 Å². The lowest BCUT2D eigenvalue weighted by Gasteiger charge is -2.18. The Kier molecular flexibility index (Phi) is 64.3. The van der Waals surface area contributed by atoms with Gasteiger partial charge in [-0.3, -0.25) is 14.4 Å². The van der Waals surface area contributed by atoms with Crippen LogP contribution in [0.3, 0.4) is 0 Å². The Bertz CT molecular complexity index is 1610. The van der Waals surface area contributed by atoms with E-state index in [4.69, 9.17) is 14.2 Å². The molecule has 6 nitrogen and oxygen atoms in total. The van der Waals surface area contributed by atoms with Crippen LogP contribution in [-0.4, -0.2) is 37.2 Å². The van der Waals surface area contributed by atoms with Gasteiger partial charge in [0.05, 0.1) is 0 Å². The Morgan fingerprint density at radius 1 is 0.263 bits per heavy atom. The van der Waals surface area contributed by atoms with E-state index in [2.05, 4.69) is 130 Å². The molecule has 0 aliphatic rings. The molecular formula is C74H126O6. The average Bonchev–Trinajstić information content (AvgIpc) is 3.46. The Morgan fingerprint density at radius 2 is 0.487 bits per heavy atom. The molecule has 458 valence electrons. The lowest BCUT2D eigenvalue weighted by Crippen LogP contribution is -2.30. The minimum atomic E-state index is -0.782. The maximum absolute atomic E-state index is 12.9. The normalized spacial score (nSPS) is 12.8. The Morgan fingerprint density at radius 3 is 0.762 bits per heavy atom. The fourth-order valence-corrected chi connectivity index (χ4v) is 9.45. The summed E-state index contributed by atoms with van der Waals surface area (Å²) in [6.45, 7) is 6.50. The van der Waals surface area contributed by atoms with Crippen molar-refractivity contribution in [1.29, 1.82) is 0 Å². The van der Waals surface area contributed by atoms with E-state index in [-0.39, 0.29) is 31.1 Å². The summed E-state index contributed by atoms with van der Waals surface area (Å²) in [4.78, 5) is 38.2. The van der Waals surface area contributed by atoms with Crippen LogP contribution < -0.4 is 0 Å². The highest BCUT2D eigenvalue weighted by molar-refractivity contribution is 5.71. The maximum Gasteiger partial charge on any atom is 0.306 e. The number of esters is 3. The smallest absolute Gasteiger partial charge is 0.306 e. The molecule has 0 bridgehead atoms. The first-order valence-corrected chi connectivity index (χ1v) is 33.9. The lowest BCUT2D eigenvalue weighted by atomic mass is 10.0. The van der Waals surface area contributed by atoms with Crippen LogP contribution in [0.15, 0.2) is 109 Å². The van der Waals surface area contributed by atoms with Crippen LogP contribution in [0.25, 0.3) is 0 Å². The number of hydrogen-bond donors (Lipinski definition) is 0. The second-order valence-electron chi connectivity index (χ2n) is 22.4. The molecule has 0 aromatic heterocycles. The zero-order valence-corrected chi connectivity index (χ0v) is 52.6. The first-order chi connectivity index (χ1) is 39.5. The number of unbranched alkanes of at least 4 members (excludes halogenated alkanes) is 32. The van der Waals surface area contributed by atoms with Crippen LogP contribution in [0.2, 0.25) is 0 Å². The summed E-state index contributed by atoms with van der Waals surface area (Å²) in [5, 5.41) is 0. The molecule has 0 amide bonds. The van der Waals surface area contributed by atoms with E-state index in [1.54, 1.807) is 0 Å². The van der Waals surface area contributed by atoms with Gasteiger partial charge in [-0.1, -0.05) is 304 Å². The van der Waals surface area contributed by atoms with Crippen molar-refractivity contribution in [3.05, 3.63) is 109 Å². The third-order valence-corrected chi connectivity index (χ3v) is 14.5. The first-order valence-electron chi connectivity index (χ1n) is 33.9. The van der Waals surface area contributed by atoms with Gasteiger partial charge in [-0.15, -0.1) is 0 Å². The van der Waals surface area contributed by atoms with Crippen molar-refractivity contribution in [3.8, 4) is 0 Å². The quantitative estimate of drug-likeness (QED) is 0.0261. The molecule has 0 radical (unpaired) electrons. The molecule has 1 atom stereocenters. The van der Waals surface area contributed by atoms with Gasteiger partial charge in [0.25, 0.3) is 0 Å². The number of carbonyl (C=O) groups is 3. The van der Waals surface area contributed by atoms with Crippen molar-refractivity contribution in [2.75, 3.05) is 13.2 Å². The summed E-state index contributed by atoms with van der Waals surface area (Å²) in [5.41, 5.74) is 0. The van der Waals surface area contributed by atoms with Gasteiger partial charge in [-0.25, -0.2) is 0 Å². The van der Waals surface area contributed by atoms with Crippen LogP contribution in [0.1, 0.15) is 323 Å². The van der Waals surface area contributed by atoms with Crippen LogP contribution in [0.4, 0.5) is 0 Å². The zero-order valence-electron chi connectivity index (χ0n) is 52.6. The highest BCUT2D eigenvalue weighted by atomic mass is 16.6. The number of rotatable bonds is 61. The van der Waals surface area contributed by atoms with Gasteiger partial charge in [0.1, 0.15) is 13.2 Å². The van der Waals surface area contributed by atoms with E-state index >= 15 is 0 Å². The number of hydrogen-bond acceptors (Lipinski definition) is 6. The van der Waals surface area contributed by atoms with Gasteiger partial charge in [0.2, 0.25) is 0 Å². The summed E-state index contributed by atoms with van der Waals surface area (Å²) in [6.07, 6.45) is 92.6. The molecule has 6 heteroatoms. The van der Waals surface area contributed by atoms with E-state index in [1.807, 2.05) is 0 Å².